The van der Waals surface area contributed by atoms with E-state index in [0.29, 0.717) is 35.4 Å². The molecule has 2 aromatic heterocycles. The van der Waals surface area contributed by atoms with E-state index in [0.717, 1.165) is 13.0 Å². The topological polar surface area (TPSA) is 140 Å². The number of halogens is 1. The highest BCUT2D eigenvalue weighted by Crippen LogP contribution is 2.27. The van der Waals surface area contributed by atoms with Gasteiger partial charge in [0.15, 0.2) is 5.58 Å². The number of ether oxygens (including phenoxy) is 1. The summed E-state index contributed by atoms with van der Waals surface area (Å²) in [6, 6.07) is 10.8. The second-order valence-electron chi connectivity index (χ2n) is 8.72. The Hall–Kier alpha value is -4.34. The van der Waals surface area contributed by atoms with Crippen molar-refractivity contribution in [3.63, 3.8) is 0 Å². The van der Waals surface area contributed by atoms with Crippen LogP contribution in [0.4, 0.5) is 4.39 Å². The number of carbonyl (C=O) groups excluding carboxylic acids is 1. The minimum absolute atomic E-state index is 0.000154. The molecule has 0 spiro atoms. The van der Waals surface area contributed by atoms with Gasteiger partial charge >= 0.3 is 5.76 Å². The molecule has 1 saturated heterocycles. The first-order chi connectivity index (χ1) is 17.9. The molecule has 0 aliphatic carbocycles. The lowest BCUT2D eigenvalue weighted by molar-refractivity contribution is -0.132. The second-order valence-corrected chi connectivity index (χ2v) is 8.72. The van der Waals surface area contributed by atoms with Crippen LogP contribution < -0.4 is 16.4 Å². The number of nitrogens with zero attached hydrogens (tertiary/aromatic N) is 5. The number of rotatable bonds is 6. The van der Waals surface area contributed by atoms with Crippen LogP contribution in [0.3, 0.4) is 0 Å². The lowest BCUT2D eigenvalue weighted by Crippen LogP contribution is -2.46. The summed E-state index contributed by atoms with van der Waals surface area (Å²) in [6.07, 6.45) is 1.58. The van der Waals surface area contributed by atoms with Crippen LogP contribution in [0.5, 0.6) is 0 Å². The van der Waals surface area contributed by atoms with Gasteiger partial charge in [-0.15, -0.1) is 5.10 Å². The van der Waals surface area contributed by atoms with Crippen LogP contribution in [-0.2, 0) is 23.0 Å². The Labute approximate surface area is 210 Å². The van der Waals surface area contributed by atoms with Crippen molar-refractivity contribution in [1.29, 1.82) is 5.26 Å². The molecular formula is C25H24FN7O4. The van der Waals surface area contributed by atoms with Crippen molar-refractivity contribution in [1.82, 2.24) is 30.0 Å². The molecule has 0 bridgehead atoms. The van der Waals surface area contributed by atoms with Crippen molar-refractivity contribution in [2.45, 2.75) is 25.0 Å². The van der Waals surface area contributed by atoms with Crippen molar-refractivity contribution in [2.75, 3.05) is 19.7 Å². The lowest BCUT2D eigenvalue weighted by Gasteiger charge is -2.18. The molecular weight excluding hydrogens is 481 g/mol. The van der Waals surface area contributed by atoms with Crippen molar-refractivity contribution >= 4 is 17.0 Å². The highest BCUT2D eigenvalue weighted by atomic mass is 19.1. The summed E-state index contributed by atoms with van der Waals surface area (Å²) >= 11 is 0. The van der Waals surface area contributed by atoms with Crippen LogP contribution in [0, 0.1) is 17.1 Å². The fourth-order valence-electron chi connectivity index (χ4n) is 4.20. The zero-order chi connectivity index (χ0) is 25.9. The second kappa shape index (κ2) is 10.3. The molecule has 190 valence electrons. The van der Waals surface area contributed by atoms with Gasteiger partial charge in [-0.25, -0.2) is 13.8 Å². The molecule has 1 aliphatic heterocycles. The van der Waals surface area contributed by atoms with Gasteiger partial charge in [-0.3, -0.25) is 9.48 Å². The van der Waals surface area contributed by atoms with Crippen molar-refractivity contribution in [2.24, 2.45) is 7.05 Å². The molecule has 11 nitrogen and oxygen atoms in total. The normalized spacial score (nSPS) is 16.7. The first kappa shape index (κ1) is 24.4. The maximum Gasteiger partial charge on any atom is 0.427 e. The number of nitriles is 1. The fraction of sp³-hybridized carbons (Fsp3) is 0.320. The van der Waals surface area contributed by atoms with E-state index >= 15 is 4.39 Å². The maximum atomic E-state index is 15.1. The number of fused-ring (bicyclic) bond motifs is 1. The molecule has 2 aromatic carbocycles. The molecule has 2 atom stereocenters. The van der Waals surface area contributed by atoms with E-state index < -0.39 is 29.6 Å². The van der Waals surface area contributed by atoms with E-state index in [1.807, 2.05) is 6.07 Å². The molecule has 1 fully saturated rings. The van der Waals surface area contributed by atoms with Crippen LogP contribution in [0.2, 0.25) is 0 Å². The van der Waals surface area contributed by atoms with E-state index in [9.17, 15) is 14.9 Å². The van der Waals surface area contributed by atoms with Gasteiger partial charge in [0, 0.05) is 26.6 Å². The molecule has 37 heavy (non-hydrogen) atoms. The number of carbonyl (C=O) groups is 1. The number of amides is 1. The monoisotopic (exact) mass is 505 g/mol. The molecule has 0 radical (unpaired) electrons. The van der Waals surface area contributed by atoms with Crippen molar-refractivity contribution in [3.05, 3.63) is 64.7 Å². The van der Waals surface area contributed by atoms with E-state index in [4.69, 9.17) is 9.15 Å². The van der Waals surface area contributed by atoms with Gasteiger partial charge in [-0.05, 0) is 47.9 Å². The number of aromatic nitrogens is 4. The number of oxazole rings is 1. The number of benzene rings is 2. The van der Waals surface area contributed by atoms with Gasteiger partial charge < -0.3 is 19.8 Å². The Kier molecular flexibility index (Phi) is 6.80. The first-order valence-corrected chi connectivity index (χ1v) is 11.8. The number of hydrogen-bond acceptors (Lipinski definition) is 8. The zero-order valence-electron chi connectivity index (χ0n) is 20.0. The molecule has 5 rings (SSSR count). The Balaban J connectivity index is 1.36. The first-order valence-electron chi connectivity index (χ1n) is 11.8. The molecule has 12 heteroatoms. The number of aryl methyl sites for hydroxylation is 1. The standard InChI is InChI=1S/C25H24FN7O4/c1-32-14-29-24(31-32)33-20-11-16(5-6-21(20)37-25(33)35)15-3-4-17(19(26)10-15)9-18(12-27)30-23(34)22-13-28-7-2-8-36-22/h3-6,10-11,14,18,22,28H,2,7-9,13H2,1H3,(H,30,34)/t18-,22-/m0/s1. The van der Waals surface area contributed by atoms with E-state index in [-0.39, 0.29) is 17.9 Å². The Bertz CT molecular complexity index is 1540. The quantitative estimate of drug-likeness (QED) is 0.401. The highest BCUT2D eigenvalue weighted by molar-refractivity contribution is 5.82. The SMILES string of the molecule is Cn1cnc(-n2c(=O)oc3ccc(-c4ccc(C[C@@H](C#N)NC(=O)[C@@H]5CNCCCO5)c(F)c4)cc32)n1. The average Bonchev–Trinajstić information content (AvgIpc) is 3.32. The summed E-state index contributed by atoms with van der Waals surface area (Å²) in [7, 11) is 1.68. The van der Waals surface area contributed by atoms with E-state index in [2.05, 4.69) is 20.7 Å². The van der Waals surface area contributed by atoms with Crippen LogP contribution in [0.1, 0.15) is 12.0 Å². The number of nitrogens with one attached hydrogen (secondary N) is 2. The molecule has 1 amide bonds. The molecule has 0 unspecified atom stereocenters. The minimum Gasteiger partial charge on any atom is -0.407 e. The molecule has 0 saturated carbocycles. The maximum absolute atomic E-state index is 15.1. The van der Waals surface area contributed by atoms with Crippen LogP contribution in [0.25, 0.3) is 28.2 Å². The van der Waals surface area contributed by atoms with Gasteiger partial charge in [0.1, 0.15) is 24.3 Å². The smallest absolute Gasteiger partial charge is 0.407 e. The summed E-state index contributed by atoms with van der Waals surface area (Å²) in [4.78, 5) is 29.0. The van der Waals surface area contributed by atoms with Crippen molar-refractivity contribution < 1.29 is 18.3 Å². The Morgan fingerprint density at radius 1 is 1.32 bits per heavy atom. The molecule has 3 heterocycles. The summed E-state index contributed by atoms with van der Waals surface area (Å²) in [5.41, 5.74) is 2.29. The van der Waals surface area contributed by atoms with Gasteiger partial charge in [-0.1, -0.05) is 18.2 Å². The highest BCUT2D eigenvalue weighted by Gasteiger charge is 2.24. The fourth-order valence-corrected chi connectivity index (χ4v) is 4.20. The van der Waals surface area contributed by atoms with Crippen LogP contribution in [0.15, 0.2) is 51.9 Å². The Morgan fingerprint density at radius 3 is 2.89 bits per heavy atom. The third-order valence-corrected chi connectivity index (χ3v) is 6.09. The molecule has 1 aliphatic rings. The molecule has 2 N–H and O–H groups in total. The summed E-state index contributed by atoms with van der Waals surface area (Å²) in [6.45, 7) is 1.57. The third kappa shape index (κ3) is 5.13. The van der Waals surface area contributed by atoms with Gasteiger partial charge in [0.05, 0.1) is 11.6 Å². The summed E-state index contributed by atoms with van der Waals surface area (Å²) in [5.74, 6) is -1.38. The van der Waals surface area contributed by atoms with E-state index in [1.54, 1.807) is 37.4 Å². The molecule has 4 aromatic rings. The van der Waals surface area contributed by atoms with Crippen molar-refractivity contribution in [3.8, 4) is 23.1 Å². The van der Waals surface area contributed by atoms with Gasteiger partial charge in [0.25, 0.3) is 11.9 Å². The largest absolute Gasteiger partial charge is 0.427 e. The summed E-state index contributed by atoms with van der Waals surface area (Å²) in [5, 5.41) is 19.5. The Morgan fingerprint density at radius 2 is 2.14 bits per heavy atom. The van der Waals surface area contributed by atoms with Gasteiger partial charge in [0.2, 0.25) is 0 Å². The van der Waals surface area contributed by atoms with Crippen LogP contribution in [-0.4, -0.2) is 57.1 Å². The zero-order valence-corrected chi connectivity index (χ0v) is 20.0. The van der Waals surface area contributed by atoms with E-state index in [1.165, 1.54) is 21.6 Å². The van der Waals surface area contributed by atoms with Crippen LogP contribution >= 0.6 is 0 Å². The minimum atomic E-state index is -0.915. The van der Waals surface area contributed by atoms with Gasteiger partial charge in [-0.2, -0.15) is 10.2 Å². The summed E-state index contributed by atoms with van der Waals surface area (Å²) < 4.78 is 28.6. The predicted molar refractivity (Wildman–Crippen MR) is 130 cm³/mol. The predicted octanol–water partition coefficient (Wildman–Crippen LogP) is 1.45. The average molecular weight is 506 g/mol. The number of hydrogen-bond donors (Lipinski definition) is 2. The lowest BCUT2D eigenvalue weighted by atomic mass is 10.00. The third-order valence-electron chi connectivity index (χ3n) is 6.09.